The van der Waals surface area contributed by atoms with E-state index in [-0.39, 0.29) is 0 Å². The Kier molecular flexibility index (Phi) is 4.57. The van der Waals surface area contributed by atoms with Gasteiger partial charge in [0.05, 0.1) is 23.0 Å². The van der Waals surface area contributed by atoms with E-state index in [0.29, 0.717) is 11.6 Å². The maximum absolute atomic E-state index is 5.65. The fraction of sp³-hybridized carbons (Fsp3) is 0.0909. The Morgan fingerprint density at radius 1 is 1.00 bits per heavy atom. The topological polar surface area (TPSA) is 69.6 Å². The Labute approximate surface area is 171 Å². The first-order chi connectivity index (χ1) is 14.3. The van der Waals surface area contributed by atoms with Crippen molar-refractivity contribution in [3.8, 4) is 17.1 Å². The van der Waals surface area contributed by atoms with Crippen LogP contribution in [0.2, 0.25) is 0 Å². The number of benzene rings is 2. The van der Waals surface area contributed by atoms with Crippen LogP contribution in [0.5, 0.6) is 0 Å². The van der Waals surface area contributed by atoms with Crippen LogP contribution in [-0.4, -0.2) is 24.7 Å². The Balaban J connectivity index is 1.38. The summed E-state index contributed by atoms with van der Waals surface area (Å²) < 4.78 is 7.48. The maximum Gasteiger partial charge on any atom is 0.226 e. The second-order valence-corrected chi connectivity index (χ2v) is 7.57. The van der Waals surface area contributed by atoms with E-state index in [4.69, 9.17) is 4.42 Å². The molecule has 3 aromatic heterocycles. The molecule has 6 nitrogen and oxygen atoms in total. The third kappa shape index (κ3) is 3.52. The second-order valence-electron chi connectivity index (χ2n) is 6.61. The molecular weight excluding hydrogens is 382 g/mol. The molecule has 0 unspecified atom stereocenters. The molecule has 0 aliphatic rings. The van der Waals surface area contributed by atoms with Gasteiger partial charge >= 0.3 is 0 Å². The number of nitrogens with zero attached hydrogens (tertiary/aromatic N) is 5. The van der Waals surface area contributed by atoms with Crippen LogP contribution in [0.4, 0.5) is 0 Å². The Hall–Kier alpha value is -3.45. The van der Waals surface area contributed by atoms with E-state index >= 15 is 0 Å². The van der Waals surface area contributed by atoms with Crippen LogP contribution in [0.3, 0.4) is 0 Å². The minimum Gasteiger partial charge on any atom is -0.444 e. The number of hydrogen-bond donors (Lipinski definition) is 0. The van der Waals surface area contributed by atoms with Crippen molar-refractivity contribution in [2.45, 2.75) is 17.7 Å². The molecule has 0 saturated heterocycles. The van der Waals surface area contributed by atoms with Gasteiger partial charge in [0.25, 0.3) is 0 Å². The first kappa shape index (κ1) is 17.6. The van der Waals surface area contributed by atoms with Gasteiger partial charge in [0.2, 0.25) is 5.89 Å². The number of para-hydroxylation sites is 1. The molecule has 0 radical (unpaired) electrons. The molecule has 0 atom stereocenters. The van der Waals surface area contributed by atoms with Crippen LogP contribution < -0.4 is 0 Å². The summed E-state index contributed by atoms with van der Waals surface area (Å²) in [5.41, 5.74) is 4.80. The third-order valence-electron chi connectivity index (χ3n) is 4.54. The van der Waals surface area contributed by atoms with Crippen molar-refractivity contribution in [1.82, 2.24) is 24.7 Å². The number of thioether (sulfide) groups is 1. The summed E-state index contributed by atoms with van der Waals surface area (Å²) in [7, 11) is 0. The molecule has 0 fully saturated rings. The number of aromatic nitrogens is 5. The molecule has 5 rings (SSSR count). The van der Waals surface area contributed by atoms with Crippen LogP contribution in [0.1, 0.15) is 11.3 Å². The summed E-state index contributed by atoms with van der Waals surface area (Å²) in [6.07, 6.45) is 5.09. The highest BCUT2D eigenvalue weighted by atomic mass is 32.2. The average Bonchev–Trinajstić information content (AvgIpc) is 3.41. The smallest absolute Gasteiger partial charge is 0.226 e. The van der Waals surface area contributed by atoms with Crippen LogP contribution in [0.15, 0.2) is 82.8 Å². The van der Waals surface area contributed by atoms with E-state index < -0.39 is 0 Å². The Morgan fingerprint density at radius 2 is 1.83 bits per heavy atom. The molecule has 0 amide bonds. The predicted octanol–water partition coefficient (Wildman–Crippen LogP) is 5.07. The SMILES string of the molecule is Cc1ccc(-c2nc(CSc3ncnc4c3cnn4-c3ccccc3)co2)cc1. The molecule has 0 spiro atoms. The lowest BCUT2D eigenvalue weighted by molar-refractivity contribution is 0.573. The predicted molar refractivity (Wildman–Crippen MR) is 113 cm³/mol. The van der Waals surface area contributed by atoms with Crippen LogP contribution in [0.25, 0.3) is 28.2 Å². The molecule has 0 saturated carbocycles. The number of rotatable bonds is 5. The van der Waals surface area contributed by atoms with E-state index in [1.54, 1.807) is 24.4 Å². The van der Waals surface area contributed by atoms with Crippen molar-refractivity contribution in [2.75, 3.05) is 0 Å². The van der Waals surface area contributed by atoms with Gasteiger partial charge in [-0.15, -0.1) is 0 Å². The highest BCUT2D eigenvalue weighted by Crippen LogP contribution is 2.29. The molecule has 3 heterocycles. The highest BCUT2D eigenvalue weighted by Gasteiger charge is 2.13. The van der Waals surface area contributed by atoms with Crippen molar-refractivity contribution in [3.63, 3.8) is 0 Å². The van der Waals surface area contributed by atoms with Gasteiger partial charge in [0.15, 0.2) is 5.65 Å². The number of hydrogen-bond acceptors (Lipinski definition) is 6. The average molecular weight is 399 g/mol. The Bertz CT molecular complexity index is 1260. The van der Waals surface area contributed by atoms with Crippen LogP contribution in [0, 0.1) is 6.92 Å². The molecule has 29 heavy (non-hydrogen) atoms. The molecule has 0 N–H and O–H groups in total. The van der Waals surface area contributed by atoms with Gasteiger partial charge in [0.1, 0.15) is 17.6 Å². The normalized spacial score (nSPS) is 11.2. The molecule has 0 bridgehead atoms. The van der Waals surface area contributed by atoms with E-state index in [2.05, 4.69) is 39.1 Å². The zero-order valence-electron chi connectivity index (χ0n) is 15.7. The van der Waals surface area contributed by atoms with Gasteiger partial charge in [0, 0.05) is 11.3 Å². The largest absolute Gasteiger partial charge is 0.444 e. The number of fused-ring (bicyclic) bond motifs is 1. The monoisotopic (exact) mass is 399 g/mol. The van der Waals surface area contributed by atoms with E-state index in [9.17, 15) is 0 Å². The van der Waals surface area contributed by atoms with E-state index in [1.165, 1.54) is 5.56 Å². The van der Waals surface area contributed by atoms with Gasteiger partial charge in [-0.1, -0.05) is 47.7 Å². The summed E-state index contributed by atoms with van der Waals surface area (Å²) in [6, 6.07) is 18.1. The van der Waals surface area contributed by atoms with Crippen LogP contribution in [-0.2, 0) is 5.75 Å². The van der Waals surface area contributed by atoms with Crippen molar-refractivity contribution in [3.05, 3.63) is 84.6 Å². The fourth-order valence-corrected chi connectivity index (χ4v) is 3.88. The minimum absolute atomic E-state index is 0.630. The molecule has 2 aromatic carbocycles. The molecule has 0 aliphatic carbocycles. The standard InChI is InChI=1S/C22H17N5OS/c1-15-7-9-16(10-8-15)21-26-17(12-28-21)13-29-22-19-11-25-27(20(19)23-14-24-22)18-5-3-2-4-6-18/h2-12,14H,13H2,1H3. The first-order valence-corrected chi connectivity index (χ1v) is 10.1. The molecule has 7 heteroatoms. The summed E-state index contributed by atoms with van der Waals surface area (Å²) in [4.78, 5) is 13.5. The lowest BCUT2D eigenvalue weighted by Crippen LogP contribution is -1.97. The Morgan fingerprint density at radius 3 is 2.66 bits per heavy atom. The van der Waals surface area contributed by atoms with Crippen molar-refractivity contribution >= 4 is 22.8 Å². The quantitative estimate of drug-likeness (QED) is 0.303. The zero-order chi connectivity index (χ0) is 19.6. The molecule has 5 aromatic rings. The lowest BCUT2D eigenvalue weighted by atomic mass is 10.1. The molecule has 142 valence electrons. The fourth-order valence-electron chi connectivity index (χ4n) is 3.04. The van der Waals surface area contributed by atoms with Gasteiger partial charge in [-0.25, -0.2) is 19.6 Å². The summed E-state index contributed by atoms with van der Waals surface area (Å²) >= 11 is 1.60. The van der Waals surface area contributed by atoms with Crippen LogP contribution >= 0.6 is 11.8 Å². The van der Waals surface area contributed by atoms with Crippen molar-refractivity contribution < 1.29 is 4.42 Å². The number of oxazole rings is 1. The number of aryl methyl sites for hydroxylation is 1. The van der Waals surface area contributed by atoms with Gasteiger partial charge in [-0.05, 0) is 31.2 Å². The molecular formula is C22H17N5OS. The zero-order valence-corrected chi connectivity index (χ0v) is 16.5. The third-order valence-corrected chi connectivity index (χ3v) is 5.58. The second kappa shape index (κ2) is 7.52. The summed E-state index contributed by atoms with van der Waals surface area (Å²) in [5, 5.41) is 6.29. The minimum atomic E-state index is 0.630. The lowest BCUT2D eigenvalue weighted by Gasteiger charge is -2.03. The maximum atomic E-state index is 5.65. The van der Waals surface area contributed by atoms with E-state index in [0.717, 1.165) is 33.0 Å². The van der Waals surface area contributed by atoms with Crippen molar-refractivity contribution in [2.24, 2.45) is 0 Å². The van der Waals surface area contributed by atoms with Crippen molar-refractivity contribution in [1.29, 1.82) is 0 Å². The molecule has 0 aliphatic heterocycles. The van der Waals surface area contributed by atoms with Gasteiger partial charge < -0.3 is 4.42 Å². The first-order valence-electron chi connectivity index (χ1n) is 9.16. The highest BCUT2D eigenvalue weighted by molar-refractivity contribution is 7.98. The van der Waals surface area contributed by atoms with E-state index in [1.807, 2.05) is 53.3 Å². The van der Waals surface area contributed by atoms with Gasteiger partial charge in [-0.3, -0.25) is 0 Å². The summed E-state index contributed by atoms with van der Waals surface area (Å²) in [6.45, 7) is 2.06. The summed E-state index contributed by atoms with van der Waals surface area (Å²) in [5.74, 6) is 1.28. The van der Waals surface area contributed by atoms with Gasteiger partial charge in [-0.2, -0.15) is 5.10 Å².